The number of carboxylic acid groups (broad SMARTS) is 1. The van der Waals surface area contributed by atoms with E-state index < -0.39 is 28.8 Å². The number of benzene rings is 1. The summed E-state index contributed by atoms with van der Waals surface area (Å²) in [5.41, 5.74) is -0.181. The number of likely N-dealkylation sites (tertiary alicyclic amines) is 1. The highest BCUT2D eigenvalue weighted by Gasteiger charge is 2.38. The summed E-state index contributed by atoms with van der Waals surface area (Å²) >= 11 is 5.79. The highest BCUT2D eigenvalue weighted by molar-refractivity contribution is 6.31. The average Bonchev–Trinajstić information content (AvgIpc) is 2.79. The van der Waals surface area contributed by atoms with E-state index in [4.69, 9.17) is 16.7 Å². The molecule has 1 fully saturated rings. The SMILES string of the molecule is CC1C(C(=O)O)CCN1C(=O)c1cc(Cl)cc([N+](=O)[O-])c1. The predicted molar refractivity (Wildman–Crippen MR) is 74.3 cm³/mol. The van der Waals surface area contributed by atoms with Crippen molar-refractivity contribution in [3.05, 3.63) is 38.9 Å². The predicted octanol–water partition coefficient (Wildman–Crippen LogP) is 2.18. The molecule has 0 saturated carbocycles. The van der Waals surface area contributed by atoms with Crippen molar-refractivity contribution in [3.8, 4) is 0 Å². The van der Waals surface area contributed by atoms with Crippen molar-refractivity contribution < 1.29 is 19.6 Å². The van der Waals surface area contributed by atoms with E-state index in [1.807, 2.05) is 0 Å². The molecule has 1 N–H and O–H groups in total. The van der Waals surface area contributed by atoms with Gasteiger partial charge in [-0.3, -0.25) is 19.7 Å². The number of carboxylic acids is 1. The summed E-state index contributed by atoms with van der Waals surface area (Å²) in [6.45, 7) is 1.96. The number of aliphatic carboxylic acids is 1. The maximum absolute atomic E-state index is 12.4. The Morgan fingerprint density at radius 1 is 1.43 bits per heavy atom. The van der Waals surface area contributed by atoms with Gasteiger partial charge in [0.1, 0.15) is 0 Å². The third-order valence-corrected chi connectivity index (χ3v) is 3.89. The van der Waals surface area contributed by atoms with E-state index in [1.165, 1.54) is 11.0 Å². The second-order valence-electron chi connectivity index (χ2n) is 4.93. The van der Waals surface area contributed by atoms with Gasteiger partial charge in [0.05, 0.1) is 10.8 Å². The summed E-state index contributed by atoms with van der Waals surface area (Å²) in [7, 11) is 0. The molecule has 0 spiro atoms. The van der Waals surface area contributed by atoms with Crippen LogP contribution in [0.5, 0.6) is 0 Å². The maximum Gasteiger partial charge on any atom is 0.308 e. The number of carbonyl (C=O) groups is 2. The first kappa shape index (κ1) is 15.2. The second-order valence-corrected chi connectivity index (χ2v) is 5.36. The van der Waals surface area contributed by atoms with E-state index in [0.29, 0.717) is 13.0 Å². The van der Waals surface area contributed by atoms with Crippen molar-refractivity contribution in [3.63, 3.8) is 0 Å². The minimum atomic E-state index is -0.949. The Bertz CT molecular complexity index is 619. The molecule has 0 bridgehead atoms. The average molecular weight is 313 g/mol. The Balaban J connectivity index is 2.29. The lowest BCUT2D eigenvalue weighted by molar-refractivity contribution is -0.384. The van der Waals surface area contributed by atoms with Gasteiger partial charge in [-0.15, -0.1) is 0 Å². The summed E-state index contributed by atoms with van der Waals surface area (Å²) in [5, 5.41) is 20.0. The van der Waals surface area contributed by atoms with Crippen LogP contribution in [0.15, 0.2) is 18.2 Å². The number of hydrogen-bond acceptors (Lipinski definition) is 4. The van der Waals surface area contributed by atoms with Crippen LogP contribution < -0.4 is 0 Å². The van der Waals surface area contributed by atoms with Crippen LogP contribution in [0.25, 0.3) is 0 Å². The second kappa shape index (κ2) is 5.69. The standard InChI is InChI=1S/C13H13ClN2O5/c1-7-11(13(18)19)2-3-15(7)12(17)8-4-9(14)6-10(5-8)16(20)21/h4-7,11H,2-3H2,1H3,(H,18,19). The monoisotopic (exact) mass is 312 g/mol. The molecule has 112 valence electrons. The Kier molecular flexibility index (Phi) is 4.13. The fourth-order valence-electron chi connectivity index (χ4n) is 2.53. The number of hydrogen-bond donors (Lipinski definition) is 1. The zero-order valence-corrected chi connectivity index (χ0v) is 11.9. The Labute approximate surface area is 125 Å². The van der Waals surface area contributed by atoms with Crippen molar-refractivity contribution >= 4 is 29.2 Å². The number of nitrogens with zero attached hydrogens (tertiary/aromatic N) is 2. The molecule has 1 aliphatic heterocycles. The van der Waals surface area contributed by atoms with Gasteiger partial charge < -0.3 is 10.0 Å². The number of amides is 1. The molecule has 7 nitrogen and oxygen atoms in total. The summed E-state index contributed by atoms with van der Waals surface area (Å²) in [4.78, 5) is 35.1. The summed E-state index contributed by atoms with van der Waals surface area (Å²) in [6.07, 6.45) is 0.366. The Hall–Kier alpha value is -2.15. The highest BCUT2D eigenvalue weighted by atomic mass is 35.5. The number of rotatable bonds is 3. The minimum absolute atomic E-state index is 0.0899. The number of nitro benzene ring substituents is 1. The third-order valence-electron chi connectivity index (χ3n) is 3.67. The van der Waals surface area contributed by atoms with Crippen molar-refractivity contribution in [2.75, 3.05) is 6.54 Å². The van der Waals surface area contributed by atoms with Crippen molar-refractivity contribution in [1.29, 1.82) is 0 Å². The van der Waals surface area contributed by atoms with Crippen LogP contribution in [-0.2, 0) is 4.79 Å². The lowest BCUT2D eigenvalue weighted by atomic mass is 10.0. The highest BCUT2D eigenvalue weighted by Crippen LogP contribution is 2.28. The minimum Gasteiger partial charge on any atom is -0.481 e. The van der Waals surface area contributed by atoms with E-state index in [2.05, 4.69) is 0 Å². The van der Waals surface area contributed by atoms with Crippen molar-refractivity contribution in [2.24, 2.45) is 5.92 Å². The van der Waals surface area contributed by atoms with Crippen LogP contribution in [0.3, 0.4) is 0 Å². The molecule has 21 heavy (non-hydrogen) atoms. The molecular weight excluding hydrogens is 300 g/mol. The van der Waals surface area contributed by atoms with Gasteiger partial charge in [0.25, 0.3) is 11.6 Å². The normalized spacial score (nSPS) is 21.3. The fraction of sp³-hybridized carbons (Fsp3) is 0.385. The van der Waals surface area contributed by atoms with E-state index in [1.54, 1.807) is 6.92 Å². The van der Waals surface area contributed by atoms with E-state index in [0.717, 1.165) is 12.1 Å². The molecule has 8 heteroatoms. The Morgan fingerprint density at radius 3 is 2.62 bits per heavy atom. The van der Waals surface area contributed by atoms with Crippen LogP contribution in [0.1, 0.15) is 23.7 Å². The molecule has 1 amide bonds. The van der Waals surface area contributed by atoms with Crippen LogP contribution >= 0.6 is 11.6 Å². The lowest BCUT2D eigenvalue weighted by Gasteiger charge is -2.23. The van der Waals surface area contributed by atoms with E-state index >= 15 is 0 Å². The van der Waals surface area contributed by atoms with Crippen LogP contribution in [0.2, 0.25) is 5.02 Å². The number of halogens is 1. The van der Waals surface area contributed by atoms with E-state index in [-0.39, 0.29) is 16.3 Å². The molecule has 0 radical (unpaired) electrons. The molecule has 1 aromatic rings. The first-order valence-electron chi connectivity index (χ1n) is 6.30. The Morgan fingerprint density at radius 2 is 2.10 bits per heavy atom. The molecule has 0 aliphatic carbocycles. The number of carbonyl (C=O) groups excluding carboxylic acids is 1. The van der Waals surface area contributed by atoms with Gasteiger partial charge in [0, 0.05) is 35.3 Å². The third kappa shape index (κ3) is 2.97. The number of nitro groups is 1. The molecule has 2 atom stereocenters. The zero-order chi connectivity index (χ0) is 15.7. The molecular formula is C13H13ClN2O5. The van der Waals surface area contributed by atoms with Gasteiger partial charge >= 0.3 is 5.97 Å². The van der Waals surface area contributed by atoms with Gasteiger partial charge in [0.15, 0.2) is 0 Å². The van der Waals surface area contributed by atoms with Crippen molar-refractivity contribution in [2.45, 2.75) is 19.4 Å². The summed E-state index contributed by atoms with van der Waals surface area (Å²) < 4.78 is 0. The topological polar surface area (TPSA) is 101 Å². The zero-order valence-electron chi connectivity index (χ0n) is 11.2. The molecule has 0 aromatic heterocycles. The molecule has 2 unspecified atom stereocenters. The molecule has 2 rings (SSSR count). The molecule has 1 heterocycles. The molecule has 1 aromatic carbocycles. The molecule has 1 saturated heterocycles. The van der Waals surface area contributed by atoms with Crippen LogP contribution in [0, 0.1) is 16.0 Å². The smallest absolute Gasteiger partial charge is 0.308 e. The van der Waals surface area contributed by atoms with Gasteiger partial charge in [-0.1, -0.05) is 11.6 Å². The fourth-order valence-corrected chi connectivity index (χ4v) is 2.75. The molecule has 1 aliphatic rings. The number of non-ortho nitro benzene ring substituents is 1. The summed E-state index contributed by atoms with van der Waals surface area (Å²) in [6, 6.07) is 3.19. The van der Waals surface area contributed by atoms with Gasteiger partial charge in [-0.2, -0.15) is 0 Å². The van der Waals surface area contributed by atoms with Crippen LogP contribution in [-0.4, -0.2) is 39.4 Å². The largest absolute Gasteiger partial charge is 0.481 e. The van der Waals surface area contributed by atoms with Crippen LogP contribution in [0.4, 0.5) is 5.69 Å². The van der Waals surface area contributed by atoms with Crippen molar-refractivity contribution in [1.82, 2.24) is 4.90 Å². The van der Waals surface area contributed by atoms with Gasteiger partial charge in [-0.25, -0.2) is 0 Å². The maximum atomic E-state index is 12.4. The summed E-state index contributed by atoms with van der Waals surface area (Å²) in [5.74, 6) is -2.02. The van der Waals surface area contributed by atoms with Gasteiger partial charge in [-0.05, 0) is 19.4 Å². The van der Waals surface area contributed by atoms with E-state index in [9.17, 15) is 19.7 Å². The van der Waals surface area contributed by atoms with Gasteiger partial charge in [0.2, 0.25) is 0 Å². The first-order chi connectivity index (χ1) is 9.81. The quantitative estimate of drug-likeness (QED) is 0.681. The lowest BCUT2D eigenvalue weighted by Crippen LogP contribution is -2.37. The first-order valence-corrected chi connectivity index (χ1v) is 6.68.